The number of H-pyrrole nitrogens is 1. The van der Waals surface area contributed by atoms with Gasteiger partial charge in [0.05, 0.1) is 12.2 Å². The van der Waals surface area contributed by atoms with Crippen LogP contribution in [-0.4, -0.2) is 71.3 Å². The number of halogens is 3. The zero-order valence-corrected chi connectivity index (χ0v) is 19.2. The molecule has 0 atom stereocenters. The summed E-state index contributed by atoms with van der Waals surface area (Å²) < 4.78 is 40.9. The van der Waals surface area contributed by atoms with Gasteiger partial charge in [-0.1, -0.05) is 36.4 Å². The standard InChI is InChI=1S/C20H12F3N3O2.C5H12N2/c21-20(22,23)28-15-7-5-13(6-8-15)16-9-10-24-19-17(16)25-18(26-19)14-3-1-12(11-27)2-4-14;1-6-3-4-7(2)5-6/h1-11H,(H,24,25,26);3-5H2,1-2H3. The minimum absolute atomic E-state index is 0.290. The van der Waals surface area contributed by atoms with Gasteiger partial charge in [0.15, 0.2) is 5.65 Å². The van der Waals surface area contributed by atoms with E-state index >= 15 is 0 Å². The Hall–Kier alpha value is -3.76. The molecule has 1 saturated heterocycles. The summed E-state index contributed by atoms with van der Waals surface area (Å²) in [4.78, 5) is 27.3. The minimum atomic E-state index is -4.73. The minimum Gasteiger partial charge on any atom is -0.406 e. The predicted octanol–water partition coefficient (Wildman–Crippen LogP) is 4.82. The van der Waals surface area contributed by atoms with E-state index in [4.69, 9.17) is 0 Å². The van der Waals surface area contributed by atoms with E-state index in [1.54, 1.807) is 36.5 Å². The van der Waals surface area contributed by atoms with Crippen molar-refractivity contribution in [1.29, 1.82) is 0 Å². The van der Waals surface area contributed by atoms with Crippen molar-refractivity contribution in [1.82, 2.24) is 24.8 Å². The summed E-state index contributed by atoms with van der Waals surface area (Å²) in [5.41, 5.74) is 3.90. The van der Waals surface area contributed by atoms with E-state index in [0.29, 0.717) is 28.1 Å². The SMILES string of the molecule is CN1CCN(C)C1.O=Cc1ccc(-c2nc3nccc(-c4ccc(OC(F)(F)F)cc4)c3[nH]2)cc1. The first-order chi connectivity index (χ1) is 16.7. The molecule has 1 aliphatic heterocycles. The average molecular weight is 483 g/mol. The number of aromatic nitrogens is 3. The smallest absolute Gasteiger partial charge is 0.406 e. The number of rotatable bonds is 4. The monoisotopic (exact) mass is 483 g/mol. The van der Waals surface area contributed by atoms with E-state index < -0.39 is 6.36 Å². The molecule has 1 N–H and O–H groups in total. The molecular weight excluding hydrogens is 459 g/mol. The molecule has 10 heteroatoms. The van der Waals surface area contributed by atoms with Crippen molar-refractivity contribution in [2.75, 3.05) is 33.9 Å². The number of pyridine rings is 1. The average Bonchev–Trinajstić information content (AvgIpc) is 3.44. The highest BCUT2D eigenvalue weighted by Crippen LogP contribution is 2.31. The molecule has 0 radical (unpaired) electrons. The number of fused-ring (bicyclic) bond motifs is 1. The molecule has 5 rings (SSSR count). The van der Waals surface area contributed by atoms with Crippen molar-refractivity contribution in [2.24, 2.45) is 0 Å². The fraction of sp³-hybridized carbons (Fsp3) is 0.240. The van der Waals surface area contributed by atoms with E-state index in [9.17, 15) is 18.0 Å². The van der Waals surface area contributed by atoms with Crippen molar-refractivity contribution in [3.05, 3.63) is 66.4 Å². The molecule has 1 aliphatic rings. The summed E-state index contributed by atoms with van der Waals surface area (Å²) >= 11 is 0. The van der Waals surface area contributed by atoms with Crippen LogP contribution in [0.3, 0.4) is 0 Å². The molecule has 182 valence electrons. The van der Waals surface area contributed by atoms with Crippen LogP contribution in [0.5, 0.6) is 5.75 Å². The van der Waals surface area contributed by atoms with E-state index in [-0.39, 0.29) is 5.75 Å². The lowest BCUT2D eigenvalue weighted by molar-refractivity contribution is -0.274. The number of imidazole rings is 1. The van der Waals surface area contributed by atoms with Crippen LogP contribution in [0.15, 0.2) is 60.8 Å². The lowest BCUT2D eigenvalue weighted by atomic mass is 10.1. The molecule has 0 aliphatic carbocycles. The van der Waals surface area contributed by atoms with Gasteiger partial charge in [-0.15, -0.1) is 13.2 Å². The maximum Gasteiger partial charge on any atom is 0.573 e. The molecule has 4 aromatic rings. The molecule has 1 fully saturated rings. The highest BCUT2D eigenvalue weighted by atomic mass is 19.4. The number of alkyl halides is 3. The van der Waals surface area contributed by atoms with E-state index in [2.05, 4.69) is 43.6 Å². The predicted molar refractivity (Wildman–Crippen MR) is 127 cm³/mol. The van der Waals surface area contributed by atoms with Crippen LogP contribution in [0.4, 0.5) is 13.2 Å². The molecule has 0 bridgehead atoms. The molecule has 7 nitrogen and oxygen atoms in total. The van der Waals surface area contributed by atoms with Crippen LogP contribution in [0.1, 0.15) is 10.4 Å². The number of likely N-dealkylation sites (N-methyl/N-ethyl adjacent to an activating group) is 2. The number of aldehydes is 1. The number of hydrogen-bond donors (Lipinski definition) is 1. The second-order valence-corrected chi connectivity index (χ2v) is 8.26. The van der Waals surface area contributed by atoms with Crippen LogP contribution in [0.2, 0.25) is 0 Å². The molecule has 35 heavy (non-hydrogen) atoms. The van der Waals surface area contributed by atoms with Crippen molar-refractivity contribution in [2.45, 2.75) is 6.36 Å². The first kappa shape index (κ1) is 24.4. The molecule has 3 heterocycles. The molecule has 0 spiro atoms. The summed E-state index contributed by atoms with van der Waals surface area (Å²) in [6, 6.07) is 14.2. The van der Waals surface area contributed by atoms with Gasteiger partial charge >= 0.3 is 6.36 Å². The molecule has 2 aromatic carbocycles. The van der Waals surface area contributed by atoms with Gasteiger partial charge in [0, 0.05) is 36.0 Å². The number of ether oxygens (including phenoxy) is 1. The zero-order chi connectivity index (χ0) is 25.0. The Morgan fingerprint density at radius 2 is 1.57 bits per heavy atom. The second kappa shape index (κ2) is 10.2. The lowest BCUT2D eigenvalue weighted by Gasteiger charge is -2.09. The Morgan fingerprint density at radius 3 is 2.11 bits per heavy atom. The van der Waals surface area contributed by atoms with Crippen molar-refractivity contribution in [3.63, 3.8) is 0 Å². The first-order valence-corrected chi connectivity index (χ1v) is 10.9. The fourth-order valence-electron chi connectivity index (χ4n) is 3.74. The molecule has 0 amide bonds. The van der Waals surface area contributed by atoms with Crippen molar-refractivity contribution < 1.29 is 22.7 Å². The Labute approximate surface area is 200 Å². The highest BCUT2D eigenvalue weighted by molar-refractivity contribution is 5.91. The Morgan fingerprint density at radius 1 is 0.943 bits per heavy atom. The Balaban J connectivity index is 0.000000356. The molecule has 2 aromatic heterocycles. The van der Waals surface area contributed by atoms with Gasteiger partial charge in [-0.3, -0.25) is 14.6 Å². The van der Waals surface area contributed by atoms with Crippen LogP contribution in [0, 0.1) is 0 Å². The number of aromatic amines is 1. The lowest BCUT2D eigenvalue weighted by Crippen LogP contribution is -2.17. The normalized spacial score (nSPS) is 14.5. The van der Waals surface area contributed by atoms with E-state index in [1.165, 1.54) is 37.4 Å². The third kappa shape index (κ3) is 6.23. The van der Waals surface area contributed by atoms with Crippen molar-refractivity contribution in [3.8, 4) is 28.3 Å². The summed E-state index contributed by atoms with van der Waals surface area (Å²) in [5.74, 6) is 0.284. The number of nitrogens with zero attached hydrogens (tertiary/aromatic N) is 4. The van der Waals surface area contributed by atoms with Crippen LogP contribution in [0.25, 0.3) is 33.7 Å². The maximum absolute atomic E-state index is 12.3. The van der Waals surface area contributed by atoms with E-state index in [0.717, 1.165) is 24.1 Å². The Kier molecular flexibility index (Phi) is 7.13. The van der Waals surface area contributed by atoms with Gasteiger partial charge in [0.2, 0.25) is 0 Å². The first-order valence-electron chi connectivity index (χ1n) is 10.9. The summed E-state index contributed by atoms with van der Waals surface area (Å²) in [6.07, 6.45) is -2.39. The topological polar surface area (TPSA) is 74.3 Å². The second-order valence-electron chi connectivity index (χ2n) is 8.26. The summed E-state index contributed by atoms with van der Waals surface area (Å²) in [7, 11) is 4.28. The quantitative estimate of drug-likeness (QED) is 0.420. The van der Waals surface area contributed by atoms with Crippen LogP contribution in [-0.2, 0) is 0 Å². The van der Waals surface area contributed by atoms with Crippen LogP contribution >= 0.6 is 0 Å². The zero-order valence-electron chi connectivity index (χ0n) is 19.2. The van der Waals surface area contributed by atoms with Gasteiger partial charge in [-0.25, -0.2) is 9.97 Å². The molecule has 0 saturated carbocycles. The summed E-state index contributed by atoms with van der Waals surface area (Å²) in [6.45, 7) is 3.60. The van der Waals surface area contributed by atoms with Crippen LogP contribution < -0.4 is 4.74 Å². The van der Waals surface area contributed by atoms with Gasteiger partial charge in [0.1, 0.15) is 17.9 Å². The van der Waals surface area contributed by atoms with Gasteiger partial charge in [-0.05, 0) is 37.9 Å². The highest BCUT2D eigenvalue weighted by Gasteiger charge is 2.31. The molecule has 0 unspecified atom stereocenters. The molecular formula is C25H24F3N5O2. The summed E-state index contributed by atoms with van der Waals surface area (Å²) in [5, 5.41) is 0. The number of carbonyl (C=O) groups is 1. The number of hydrogen-bond acceptors (Lipinski definition) is 6. The third-order valence-electron chi connectivity index (χ3n) is 5.46. The number of nitrogens with one attached hydrogen (secondary N) is 1. The number of benzene rings is 2. The maximum atomic E-state index is 12.3. The Bertz CT molecular complexity index is 1280. The van der Waals surface area contributed by atoms with Crippen molar-refractivity contribution >= 4 is 17.5 Å². The van der Waals surface area contributed by atoms with E-state index in [1.807, 2.05) is 0 Å². The largest absolute Gasteiger partial charge is 0.573 e. The fourth-order valence-corrected chi connectivity index (χ4v) is 3.74. The van der Waals surface area contributed by atoms with Gasteiger partial charge < -0.3 is 9.72 Å². The number of carbonyl (C=O) groups excluding carboxylic acids is 1. The van der Waals surface area contributed by atoms with Gasteiger partial charge in [-0.2, -0.15) is 0 Å². The van der Waals surface area contributed by atoms with Gasteiger partial charge in [0.25, 0.3) is 0 Å². The third-order valence-corrected chi connectivity index (χ3v) is 5.46.